The minimum Gasteiger partial charge on any atom is -0.476 e. The van der Waals surface area contributed by atoms with E-state index in [0.717, 1.165) is 22.3 Å². The van der Waals surface area contributed by atoms with Crippen molar-refractivity contribution in [1.82, 2.24) is 29.4 Å². The Hall–Kier alpha value is -7.58. The van der Waals surface area contributed by atoms with E-state index in [-0.39, 0.29) is 57.9 Å². The van der Waals surface area contributed by atoms with Gasteiger partial charge in [-0.3, -0.25) is 14.4 Å². The number of carbonyl (C=O) groups excluding carboxylic acids is 3. The number of rotatable bonds is 12. The lowest BCUT2D eigenvalue weighted by molar-refractivity contribution is -0.119. The first-order chi connectivity index (χ1) is 29.7. The zero-order chi connectivity index (χ0) is 46.5. The molecule has 0 fully saturated rings. The van der Waals surface area contributed by atoms with Gasteiger partial charge < -0.3 is 22.3 Å². The third-order valence-electron chi connectivity index (χ3n) is 8.69. The van der Waals surface area contributed by atoms with Gasteiger partial charge in [-0.25, -0.2) is 51.0 Å². The van der Waals surface area contributed by atoms with Crippen LogP contribution in [0.4, 0.5) is 17.3 Å². The molecule has 0 unspecified atom stereocenters. The largest absolute Gasteiger partial charge is 0.476 e. The van der Waals surface area contributed by atoms with Gasteiger partial charge in [0, 0.05) is 36.1 Å². The number of benzene rings is 4. The van der Waals surface area contributed by atoms with Crippen molar-refractivity contribution in [2.45, 2.75) is 56.7 Å². The number of carboxylic acid groups (broad SMARTS) is 1. The summed E-state index contributed by atoms with van der Waals surface area (Å²) in [4.78, 5) is 62.3. The number of ketones is 1. The van der Waals surface area contributed by atoms with E-state index in [0.29, 0.717) is 22.6 Å². The Labute approximate surface area is 364 Å². The summed E-state index contributed by atoms with van der Waals surface area (Å²) in [6.45, 7) is 7.08. The Balaban J connectivity index is 0.000000229. The number of aromatic carboxylic acids is 1. The molecule has 6 rings (SSSR count). The molecule has 0 radical (unpaired) electrons. The summed E-state index contributed by atoms with van der Waals surface area (Å²) in [5.74, 6) is -2.69. The van der Waals surface area contributed by atoms with Crippen LogP contribution in [0.2, 0.25) is 0 Å². The van der Waals surface area contributed by atoms with Gasteiger partial charge >= 0.3 is 5.97 Å². The molecule has 2 heterocycles. The Bertz CT molecular complexity index is 2820. The summed E-state index contributed by atoms with van der Waals surface area (Å²) in [6.07, 6.45) is 3.12. The van der Waals surface area contributed by atoms with Crippen molar-refractivity contribution in [3.63, 3.8) is 0 Å². The fourth-order valence-corrected chi connectivity index (χ4v) is 7.26. The predicted octanol–water partition coefficient (Wildman–Crippen LogP) is 4.89. The number of sulfonamides is 2. The number of Topliss-reactive ketones (excluding diaryl/α,β-unsaturated/α-hetero) is 1. The molecule has 6 aromatic rings. The molecular weight excluding hydrogens is 851 g/mol. The maximum absolute atomic E-state index is 12.8. The van der Waals surface area contributed by atoms with E-state index >= 15 is 0 Å². The van der Waals surface area contributed by atoms with E-state index < -0.39 is 37.8 Å². The lowest BCUT2D eigenvalue weighted by atomic mass is 10.1. The minimum atomic E-state index is -3.94. The number of carbonyl (C=O) groups is 4. The van der Waals surface area contributed by atoms with Crippen LogP contribution in [0.3, 0.4) is 0 Å². The number of hydrogen-bond acceptors (Lipinski definition) is 15. The maximum Gasteiger partial charge on any atom is 0.358 e. The second kappa shape index (κ2) is 21.3. The number of nitrogens with two attached hydrogens (primary N) is 3. The van der Waals surface area contributed by atoms with E-state index in [1.54, 1.807) is 13.8 Å². The molecule has 9 N–H and O–H groups in total. The van der Waals surface area contributed by atoms with E-state index in [4.69, 9.17) is 22.3 Å². The van der Waals surface area contributed by atoms with Crippen molar-refractivity contribution < 1.29 is 41.1 Å². The highest BCUT2D eigenvalue weighted by molar-refractivity contribution is 7.90. The van der Waals surface area contributed by atoms with Crippen LogP contribution in [0.15, 0.2) is 119 Å². The monoisotopic (exact) mass is 895 g/mol. The first-order valence-electron chi connectivity index (χ1n) is 18.9. The lowest BCUT2D eigenvalue weighted by Gasteiger charge is -2.08. The molecule has 0 saturated heterocycles. The molecule has 4 aromatic carbocycles. The number of hydrogen-bond donors (Lipinski definition) is 6. The van der Waals surface area contributed by atoms with Crippen LogP contribution in [0.5, 0.6) is 0 Å². The Morgan fingerprint density at radius 2 is 0.952 bits per heavy atom. The minimum absolute atomic E-state index is 0.0264. The summed E-state index contributed by atoms with van der Waals surface area (Å²) in [5.41, 5.74) is 22.5. The Kier molecular flexibility index (Phi) is 16.2. The van der Waals surface area contributed by atoms with Gasteiger partial charge in [0.15, 0.2) is 23.1 Å². The van der Waals surface area contributed by atoms with E-state index in [9.17, 15) is 36.0 Å². The highest BCUT2D eigenvalue weighted by Gasteiger charge is 2.20. The molecule has 2 aromatic heterocycles. The molecule has 2 amide bonds. The standard InChI is InChI=1S/C22H22N4O4S.C12H11N3O2.C9H12N2O3S/c1-3-20(28)26-31(29,30)17-10-6-15(7-11-17)12-19(27)21-22(23)24-13-18(25-21)16-8-4-14(2)5-9-16;1-7-2-4-8(5-3-7)9-6-14-11(13)10(15-9)12(16)17;1-2-9(12)11-15(13,14)8-5-3-7(10)4-6-8/h4-11,13H,3,12H2,1-2H3,(H2,23,24)(H,26,28);2-6H,1H3,(H2,13,14)(H,16,17);3-6H,2,10H2,1H3,(H,11,12). The molecule has 0 spiro atoms. The van der Waals surface area contributed by atoms with Gasteiger partial charge in [-0.1, -0.05) is 85.6 Å². The Morgan fingerprint density at radius 1 is 0.571 bits per heavy atom. The molecule has 0 aliphatic heterocycles. The highest BCUT2D eigenvalue weighted by atomic mass is 32.2. The van der Waals surface area contributed by atoms with Crippen molar-refractivity contribution in [1.29, 1.82) is 0 Å². The predicted molar refractivity (Wildman–Crippen MR) is 237 cm³/mol. The van der Waals surface area contributed by atoms with Crippen LogP contribution < -0.4 is 26.6 Å². The van der Waals surface area contributed by atoms with Crippen molar-refractivity contribution in [2.24, 2.45) is 0 Å². The SMILES string of the molecule is CCC(=O)NS(=O)(=O)c1ccc(CC(=O)c2nc(-c3ccc(C)cc3)cnc2N)cc1.CCC(=O)NS(=O)(=O)c1ccc(N)cc1.Cc1ccc(-c2cnc(N)c(C(=O)O)n2)cc1. The smallest absolute Gasteiger partial charge is 0.358 e. The fraction of sp³-hybridized carbons (Fsp3) is 0.163. The molecule has 0 saturated carbocycles. The summed E-state index contributed by atoms with van der Waals surface area (Å²) >= 11 is 0. The molecule has 328 valence electrons. The fourth-order valence-electron chi connectivity index (χ4n) is 5.15. The topological polar surface area (TPSA) is 310 Å². The van der Waals surface area contributed by atoms with Crippen LogP contribution in [-0.2, 0) is 36.1 Å². The summed E-state index contributed by atoms with van der Waals surface area (Å²) in [7, 11) is -7.69. The third kappa shape index (κ3) is 13.7. The molecule has 0 bridgehead atoms. The maximum atomic E-state index is 12.8. The zero-order valence-electron chi connectivity index (χ0n) is 34.6. The van der Waals surface area contributed by atoms with Gasteiger partial charge in [0.05, 0.1) is 33.6 Å². The van der Waals surface area contributed by atoms with Gasteiger partial charge in [0.25, 0.3) is 20.0 Å². The summed E-state index contributed by atoms with van der Waals surface area (Å²) in [5, 5.41) is 8.90. The number of aryl methyl sites for hydroxylation is 2. The van der Waals surface area contributed by atoms with Crippen LogP contribution in [0.25, 0.3) is 22.5 Å². The van der Waals surface area contributed by atoms with Crippen molar-refractivity contribution in [2.75, 3.05) is 17.2 Å². The second-order valence-corrected chi connectivity index (χ2v) is 17.0. The van der Waals surface area contributed by atoms with Crippen molar-refractivity contribution in [3.05, 3.63) is 138 Å². The number of amides is 2. The van der Waals surface area contributed by atoms with Crippen LogP contribution in [0, 0.1) is 13.8 Å². The number of anilines is 3. The van der Waals surface area contributed by atoms with E-state index in [2.05, 4.69) is 19.9 Å². The number of nitrogens with zero attached hydrogens (tertiary/aromatic N) is 4. The van der Waals surface area contributed by atoms with Gasteiger partial charge in [0.1, 0.15) is 5.69 Å². The van der Waals surface area contributed by atoms with Gasteiger partial charge in [-0.15, -0.1) is 0 Å². The first-order valence-corrected chi connectivity index (χ1v) is 21.9. The summed E-state index contributed by atoms with van der Waals surface area (Å²) < 4.78 is 51.3. The molecule has 0 aliphatic rings. The number of nitrogen functional groups attached to an aromatic ring is 3. The quantitative estimate of drug-likeness (QED) is 0.0703. The zero-order valence-corrected chi connectivity index (χ0v) is 36.2. The second-order valence-electron chi connectivity index (χ2n) is 13.6. The van der Waals surface area contributed by atoms with E-state index in [1.165, 1.54) is 60.9 Å². The van der Waals surface area contributed by atoms with Gasteiger partial charge in [-0.05, 0) is 55.8 Å². The van der Waals surface area contributed by atoms with Gasteiger partial charge in [0.2, 0.25) is 11.8 Å². The average molecular weight is 896 g/mol. The molecular formula is C43H45N9O9S2. The Morgan fingerprint density at radius 3 is 1.35 bits per heavy atom. The number of nitrogens with one attached hydrogen (secondary N) is 2. The number of aromatic nitrogens is 4. The average Bonchev–Trinajstić information content (AvgIpc) is 3.25. The van der Waals surface area contributed by atoms with Crippen LogP contribution >= 0.6 is 0 Å². The highest BCUT2D eigenvalue weighted by Crippen LogP contribution is 2.22. The van der Waals surface area contributed by atoms with Gasteiger partial charge in [-0.2, -0.15) is 0 Å². The molecule has 0 aliphatic carbocycles. The molecule has 18 nitrogen and oxygen atoms in total. The first kappa shape index (κ1) is 48.1. The third-order valence-corrected chi connectivity index (χ3v) is 11.5. The van der Waals surface area contributed by atoms with Crippen molar-refractivity contribution in [3.8, 4) is 22.5 Å². The lowest BCUT2D eigenvalue weighted by Crippen LogP contribution is -2.29. The summed E-state index contributed by atoms with van der Waals surface area (Å²) in [6, 6.07) is 26.5. The molecule has 63 heavy (non-hydrogen) atoms. The normalized spacial score (nSPS) is 10.9. The van der Waals surface area contributed by atoms with E-state index in [1.807, 2.05) is 71.8 Å². The van der Waals surface area contributed by atoms with Crippen LogP contribution in [-0.4, -0.2) is 65.4 Å². The molecule has 20 heteroatoms. The number of carboxylic acids is 1. The van der Waals surface area contributed by atoms with Crippen molar-refractivity contribution >= 4 is 60.9 Å². The molecule has 0 atom stereocenters. The van der Waals surface area contributed by atoms with Crippen LogP contribution in [0.1, 0.15) is 64.4 Å².